The molecule has 0 spiro atoms. The van der Waals surface area contributed by atoms with Gasteiger partial charge in [0.1, 0.15) is 0 Å². The zero-order valence-corrected chi connectivity index (χ0v) is 13.0. The van der Waals surface area contributed by atoms with Crippen molar-refractivity contribution in [2.75, 3.05) is 51.6 Å². The van der Waals surface area contributed by atoms with E-state index in [-0.39, 0.29) is 0 Å². The average Bonchev–Trinajstić information content (AvgIpc) is 2.36. The molecular formula is C13H19BrClN3. The minimum Gasteiger partial charge on any atom is -0.384 e. The normalized spacial score (nSPS) is 17.9. The summed E-state index contributed by atoms with van der Waals surface area (Å²) in [6.45, 7) is 6.75. The quantitative estimate of drug-likeness (QED) is 0.914. The molecule has 1 saturated heterocycles. The molecule has 1 aromatic rings. The Bertz CT molecular complexity index is 392. The standard InChI is InChI=1S/C13H19BrClN3/c1-17-6-8-18(9-7-17)5-4-16-11-2-3-13(15)12(14)10-11/h2-3,10,16H,4-9H2,1H3. The molecule has 0 aromatic heterocycles. The van der Waals surface area contributed by atoms with Gasteiger partial charge in [-0.2, -0.15) is 0 Å². The van der Waals surface area contributed by atoms with Gasteiger partial charge in [0.25, 0.3) is 0 Å². The first kappa shape index (κ1) is 14.1. The number of hydrogen-bond donors (Lipinski definition) is 1. The summed E-state index contributed by atoms with van der Waals surface area (Å²) in [6.07, 6.45) is 0. The molecule has 1 heterocycles. The highest BCUT2D eigenvalue weighted by Gasteiger charge is 2.12. The molecule has 0 unspecified atom stereocenters. The zero-order valence-electron chi connectivity index (χ0n) is 10.6. The van der Waals surface area contributed by atoms with Crippen molar-refractivity contribution in [3.05, 3.63) is 27.7 Å². The number of nitrogens with one attached hydrogen (secondary N) is 1. The minimum absolute atomic E-state index is 0.750. The van der Waals surface area contributed by atoms with Crippen molar-refractivity contribution in [2.45, 2.75) is 0 Å². The van der Waals surface area contributed by atoms with E-state index in [2.05, 4.69) is 38.1 Å². The Morgan fingerprint density at radius 2 is 2.00 bits per heavy atom. The van der Waals surface area contributed by atoms with Crippen LogP contribution in [0.25, 0.3) is 0 Å². The van der Waals surface area contributed by atoms with Crippen molar-refractivity contribution in [3.8, 4) is 0 Å². The van der Waals surface area contributed by atoms with E-state index in [0.29, 0.717) is 0 Å². The van der Waals surface area contributed by atoms with Crippen LogP contribution in [0, 0.1) is 0 Å². The Morgan fingerprint density at radius 1 is 1.28 bits per heavy atom. The highest BCUT2D eigenvalue weighted by atomic mass is 79.9. The van der Waals surface area contributed by atoms with Crippen LogP contribution in [-0.2, 0) is 0 Å². The van der Waals surface area contributed by atoms with Crippen molar-refractivity contribution in [1.82, 2.24) is 9.80 Å². The molecule has 3 nitrogen and oxygen atoms in total. The lowest BCUT2D eigenvalue weighted by molar-refractivity contribution is 0.158. The van der Waals surface area contributed by atoms with E-state index in [9.17, 15) is 0 Å². The summed E-state index contributed by atoms with van der Waals surface area (Å²) in [4.78, 5) is 4.87. The summed E-state index contributed by atoms with van der Waals surface area (Å²) in [5.74, 6) is 0. The van der Waals surface area contributed by atoms with Crippen molar-refractivity contribution in [3.63, 3.8) is 0 Å². The Morgan fingerprint density at radius 3 is 2.67 bits per heavy atom. The second kappa shape index (κ2) is 6.75. The van der Waals surface area contributed by atoms with Gasteiger partial charge in [-0.25, -0.2) is 0 Å². The molecule has 1 N–H and O–H groups in total. The van der Waals surface area contributed by atoms with Crippen LogP contribution < -0.4 is 5.32 Å². The van der Waals surface area contributed by atoms with Gasteiger partial charge < -0.3 is 10.2 Å². The van der Waals surface area contributed by atoms with Crippen LogP contribution >= 0.6 is 27.5 Å². The van der Waals surface area contributed by atoms with Crippen LogP contribution in [0.3, 0.4) is 0 Å². The van der Waals surface area contributed by atoms with Gasteiger partial charge >= 0.3 is 0 Å². The van der Waals surface area contributed by atoms with Crippen LogP contribution in [0.15, 0.2) is 22.7 Å². The molecule has 1 aromatic carbocycles. The molecule has 2 rings (SSSR count). The van der Waals surface area contributed by atoms with Crippen molar-refractivity contribution < 1.29 is 0 Å². The number of anilines is 1. The number of nitrogens with zero attached hydrogens (tertiary/aromatic N) is 2. The fraction of sp³-hybridized carbons (Fsp3) is 0.538. The number of piperazine rings is 1. The first-order valence-electron chi connectivity index (χ1n) is 6.25. The second-order valence-electron chi connectivity index (χ2n) is 4.70. The SMILES string of the molecule is CN1CCN(CCNc2ccc(Cl)c(Br)c2)CC1. The molecule has 1 fully saturated rings. The Balaban J connectivity index is 1.73. The molecule has 0 atom stereocenters. The molecule has 1 aliphatic heterocycles. The minimum atomic E-state index is 0.750. The van der Waals surface area contributed by atoms with Gasteiger partial charge in [-0.05, 0) is 41.2 Å². The summed E-state index contributed by atoms with van der Waals surface area (Å²) in [5, 5.41) is 4.18. The molecule has 0 saturated carbocycles. The maximum atomic E-state index is 5.96. The average molecular weight is 333 g/mol. The molecular weight excluding hydrogens is 314 g/mol. The van der Waals surface area contributed by atoms with E-state index < -0.39 is 0 Å². The maximum Gasteiger partial charge on any atom is 0.0549 e. The summed E-state index contributed by atoms with van der Waals surface area (Å²) in [5.41, 5.74) is 1.11. The van der Waals surface area contributed by atoms with E-state index >= 15 is 0 Å². The molecule has 0 radical (unpaired) electrons. The third-order valence-electron chi connectivity index (χ3n) is 3.27. The van der Waals surface area contributed by atoms with E-state index in [4.69, 9.17) is 11.6 Å². The lowest BCUT2D eigenvalue weighted by Gasteiger charge is -2.32. The number of likely N-dealkylation sites (N-methyl/N-ethyl adjacent to an activating group) is 1. The van der Waals surface area contributed by atoms with Crippen molar-refractivity contribution in [1.29, 1.82) is 0 Å². The number of hydrogen-bond acceptors (Lipinski definition) is 3. The third kappa shape index (κ3) is 4.12. The predicted molar refractivity (Wildman–Crippen MR) is 81.6 cm³/mol. The summed E-state index contributed by atoms with van der Waals surface area (Å²) in [6, 6.07) is 5.94. The molecule has 1 aliphatic rings. The van der Waals surface area contributed by atoms with Crippen LogP contribution in [0.1, 0.15) is 0 Å². The largest absolute Gasteiger partial charge is 0.384 e. The monoisotopic (exact) mass is 331 g/mol. The van der Waals surface area contributed by atoms with Gasteiger partial charge in [0.05, 0.1) is 5.02 Å². The smallest absolute Gasteiger partial charge is 0.0549 e. The summed E-state index contributed by atoms with van der Waals surface area (Å²) < 4.78 is 0.939. The van der Waals surface area contributed by atoms with E-state index in [1.165, 1.54) is 26.2 Å². The van der Waals surface area contributed by atoms with Gasteiger partial charge in [-0.3, -0.25) is 4.90 Å². The number of benzene rings is 1. The fourth-order valence-corrected chi connectivity index (χ4v) is 2.53. The van der Waals surface area contributed by atoms with Crippen molar-refractivity contribution >= 4 is 33.2 Å². The van der Waals surface area contributed by atoms with Crippen LogP contribution in [0.4, 0.5) is 5.69 Å². The van der Waals surface area contributed by atoms with E-state index in [0.717, 1.165) is 28.3 Å². The van der Waals surface area contributed by atoms with Crippen LogP contribution in [0.5, 0.6) is 0 Å². The maximum absolute atomic E-state index is 5.96. The van der Waals surface area contributed by atoms with Gasteiger partial charge in [0.2, 0.25) is 0 Å². The lowest BCUT2D eigenvalue weighted by atomic mass is 10.3. The highest BCUT2D eigenvalue weighted by molar-refractivity contribution is 9.10. The zero-order chi connectivity index (χ0) is 13.0. The van der Waals surface area contributed by atoms with Gasteiger partial charge in [0.15, 0.2) is 0 Å². The molecule has 0 bridgehead atoms. The Labute approximate surface area is 122 Å². The third-order valence-corrected chi connectivity index (χ3v) is 4.49. The first-order chi connectivity index (χ1) is 8.65. The number of rotatable bonds is 4. The predicted octanol–water partition coefficient (Wildman–Crippen LogP) is 2.76. The summed E-state index contributed by atoms with van der Waals surface area (Å²) >= 11 is 9.40. The second-order valence-corrected chi connectivity index (χ2v) is 5.96. The molecule has 5 heteroatoms. The van der Waals surface area contributed by atoms with Crippen LogP contribution in [-0.4, -0.2) is 56.1 Å². The van der Waals surface area contributed by atoms with Gasteiger partial charge in [-0.1, -0.05) is 11.6 Å². The fourth-order valence-electron chi connectivity index (χ4n) is 2.04. The lowest BCUT2D eigenvalue weighted by Crippen LogP contribution is -2.45. The molecule has 100 valence electrons. The summed E-state index contributed by atoms with van der Waals surface area (Å²) in [7, 11) is 2.18. The highest BCUT2D eigenvalue weighted by Crippen LogP contribution is 2.25. The van der Waals surface area contributed by atoms with Gasteiger partial charge in [-0.15, -0.1) is 0 Å². The molecule has 0 aliphatic carbocycles. The number of halogens is 2. The molecule has 0 amide bonds. The van der Waals surface area contributed by atoms with E-state index in [1.54, 1.807) is 0 Å². The molecule has 18 heavy (non-hydrogen) atoms. The first-order valence-corrected chi connectivity index (χ1v) is 7.42. The topological polar surface area (TPSA) is 18.5 Å². The Kier molecular flexibility index (Phi) is 5.30. The van der Waals surface area contributed by atoms with Crippen LogP contribution in [0.2, 0.25) is 5.02 Å². The van der Waals surface area contributed by atoms with Gasteiger partial charge in [0, 0.05) is 49.4 Å². The van der Waals surface area contributed by atoms with E-state index in [1.807, 2.05) is 18.2 Å². The Hall–Kier alpha value is -0.290. The van der Waals surface area contributed by atoms with Crippen molar-refractivity contribution in [2.24, 2.45) is 0 Å².